The minimum absolute atomic E-state index is 0.0624. The highest BCUT2D eigenvalue weighted by Crippen LogP contribution is 2.67. The summed E-state index contributed by atoms with van der Waals surface area (Å²) in [6.45, 7) is 17.2. The molecule has 6 heteroatoms. The minimum Gasteiger partial charge on any atom is -0.434 e. The summed E-state index contributed by atoms with van der Waals surface area (Å²) in [4.78, 5) is 15.1. The van der Waals surface area contributed by atoms with Crippen LogP contribution in [0.2, 0.25) is 0 Å². The summed E-state index contributed by atoms with van der Waals surface area (Å²) in [6, 6.07) is 0. The van der Waals surface area contributed by atoms with Crippen LogP contribution >= 0.6 is 0 Å². The first kappa shape index (κ1) is 35.2. The standard InChI is InChI=1S/C39H67NO5/c1-28(2)11-9-12-29(3)34-15-16-35-33-14-13-30-25-31(17-19-38(30,4)36(33)18-20-39(34,35)5)45-37(41)44-24-10-23-43-32(27-42-6)26-40-21-7-8-22-40/h13,28-29,31-36H,7-12,14-27H2,1-6H3/t29-,31+,32?,33+,34-,35+,36+,38+,39-/m1/s1. The van der Waals surface area contributed by atoms with Crippen molar-refractivity contribution in [3.63, 3.8) is 0 Å². The van der Waals surface area contributed by atoms with E-state index in [0.29, 0.717) is 31.7 Å². The maximum Gasteiger partial charge on any atom is 0.508 e. The van der Waals surface area contributed by atoms with Crippen molar-refractivity contribution in [2.75, 3.05) is 46.6 Å². The third-order valence-electron chi connectivity index (χ3n) is 13.4. The summed E-state index contributed by atoms with van der Waals surface area (Å²) in [5.41, 5.74) is 2.34. The Morgan fingerprint density at radius 3 is 2.53 bits per heavy atom. The monoisotopic (exact) mass is 630 g/mol. The fourth-order valence-corrected chi connectivity index (χ4v) is 11.0. The average Bonchev–Trinajstić information content (AvgIpc) is 3.64. The van der Waals surface area contributed by atoms with E-state index in [9.17, 15) is 4.79 Å². The van der Waals surface area contributed by atoms with E-state index in [4.69, 9.17) is 18.9 Å². The number of hydrogen-bond acceptors (Lipinski definition) is 6. The normalized spacial score (nSPS) is 36.2. The molecule has 45 heavy (non-hydrogen) atoms. The van der Waals surface area contributed by atoms with E-state index in [1.54, 1.807) is 12.7 Å². The van der Waals surface area contributed by atoms with Crippen LogP contribution in [0.1, 0.15) is 125 Å². The van der Waals surface area contributed by atoms with Crippen LogP contribution < -0.4 is 0 Å². The number of nitrogens with zero attached hydrogens (tertiary/aromatic N) is 1. The molecule has 0 radical (unpaired) electrons. The molecule has 0 bridgehead atoms. The maximum absolute atomic E-state index is 12.6. The Kier molecular flexibility index (Phi) is 12.4. The van der Waals surface area contributed by atoms with E-state index in [1.165, 1.54) is 64.2 Å². The van der Waals surface area contributed by atoms with E-state index >= 15 is 0 Å². The predicted molar refractivity (Wildman–Crippen MR) is 181 cm³/mol. The first-order valence-corrected chi connectivity index (χ1v) is 19.0. The summed E-state index contributed by atoms with van der Waals surface area (Å²) in [6.07, 6.45) is 19.3. The van der Waals surface area contributed by atoms with Crippen molar-refractivity contribution in [3.05, 3.63) is 11.6 Å². The van der Waals surface area contributed by atoms with Crippen molar-refractivity contribution in [2.45, 2.75) is 137 Å². The summed E-state index contributed by atoms with van der Waals surface area (Å²) >= 11 is 0. The molecule has 1 saturated heterocycles. The Morgan fingerprint density at radius 2 is 1.78 bits per heavy atom. The molecular weight excluding hydrogens is 562 g/mol. The molecule has 0 spiro atoms. The van der Waals surface area contributed by atoms with Gasteiger partial charge in [-0.3, -0.25) is 0 Å². The van der Waals surface area contributed by atoms with Gasteiger partial charge in [-0.15, -0.1) is 0 Å². The second kappa shape index (κ2) is 15.9. The number of carbonyl (C=O) groups excluding carboxylic acids is 1. The van der Waals surface area contributed by atoms with Gasteiger partial charge in [0.15, 0.2) is 0 Å². The Labute approximate surface area is 275 Å². The Bertz CT molecular complexity index is 976. The number of allylic oxidation sites excluding steroid dienone is 1. The molecule has 3 saturated carbocycles. The zero-order valence-electron chi connectivity index (χ0n) is 29.8. The van der Waals surface area contributed by atoms with Crippen LogP contribution in [0.4, 0.5) is 4.79 Å². The van der Waals surface area contributed by atoms with Crippen molar-refractivity contribution >= 4 is 6.16 Å². The van der Waals surface area contributed by atoms with Gasteiger partial charge in [0.25, 0.3) is 0 Å². The third kappa shape index (κ3) is 8.31. The predicted octanol–water partition coefficient (Wildman–Crippen LogP) is 9.07. The van der Waals surface area contributed by atoms with Crippen LogP contribution in [-0.4, -0.2) is 69.8 Å². The fourth-order valence-electron chi connectivity index (χ4n) is 11.0. The van der Waals surface area contributed by atoms with Crippen LogP contribution in [0.3, 0.4) is 0 Å². The lowest BCUT2D eigenvalue weighted by atomic mass is 9.47. The summed E-state index contributed by atoms with van der Waals surface area (Å²) < 4.78 is 22.8. The summed E-state index contributed by atoms with van der Waals surface area (Å²) in [7, 11) is 1.72. The molecule has 1 heterocycles. The van der Waals surface area contributed by atoms with Gasteiger partial charge >= 0.3 is 6.16 Å². The molecule has 6 nitrogen and oxygen atoms in total. The molecule has 1 unspecified atom stereocenters. The highest BCUT2D eigenvalue weighted by atomic mass is 16.7. The lowest BCUT2D eigenvalue weighted by Gasteiger charge is -2.58. The third-order valence-corrected chi connectivity index (χ3v) is 13.4. The topological polar surface area (TPSA) is 57.2 Å². The molecular formula is C39H67NO5. The Hall–Kier alpha value is -1.11. The molecule has 5 rings (SSSR count). The largest absolute Gasteiger partial charge is 0.508 e. The molecule has 0 aromatic heterocycles. The van der Waals surface area contributed by atoms with Gasteiger partial charge in [0.1, 0.15) is 6.10 Å². The van der Waals surface area contributed by atoms with Gasteiger partial charge in [-0.2, -0.15) is 0 Å². The first-order valence-electron chi connectivity index (χ1n) is 19.0. The lowest BCUT2D eigenvalue weighted by molar-refractivity contribution is -0.0623. The highest BCUT2D eigenvalue weighted by Gasteiger charge is 2.59. The second-order valence-corrected chi connectivity index (χ2v) is 16.7. The molecule has 0 amide bonds. The lowest BCUT2D eigenvalue weighted by Crippen LogP contribution is -2.51. The molecule has 5 aliphatic rings. The average molecular weight is 630 g/mol. The van der Waals surface area contributed by atoms with Gasteiger partial charge in [-0.05, 0) is 117 Å². The molecule has 0 N–H and O–H groups in total. The molecule has 4 fully saturated rings. The smallest absolute Gasteiger partial charge is 0.434 e. The molecule has 4 aliphatic carbocycles. The number of fused-ring (bicyclic) bond motifs is 5. The molecule has 1 aliphatic heterocycles. The number of rotatable bonds is 15. The highest BCUT2D eigenvalue weighted by molar-refractivity contribution is 5.60. The number of likely N-dealkylation sites (tertiary alicyclic amines) is 1. The number of ether oxygens (including phenoxy) is 4. The number of carbonyl (C=O) groups is 1. The zero-order chi connectivity index (χ0) is 32.0. The van der Waals surface area contributed by atoms with Crippen LogP contribution in [0.5, 0.6) is 0 Å². The van der Waals surface area contributed by atoms with Crippen LogP contribution in [-0.2, 0) is 18.9 Å². The quantitative estimate of drug-likeness (QED) is 0.102. The van der Waals surface area contributed by atoms with Crippen molar-refractivity contribution in [2.24, 2.45) is 46.3 Å². The van der Waals surface area contributed by atoms with E-state index in [1.807, 2.05) is 0 Å². The number of hydrogen-bond donors (Lipinski definition) is 0. The van der Waals surface area contributed by atoms with Crippen molar-refractivity contribution in [1.29, 1.82) is 0 Å². The first-order chi connectivity index (χ1) is 21.6. The maximum atomic E-state index is 12.6. The second-order valence-electron chi connectivity index (χ2n) is 16.7. The molecule has 0 aromatic rings. The zero-order valence-corrected chi connectivity index (χ0v) is 29.8. The van der Waals surface area contributed by atoms with E-state index < -0.39 is 6.16 Å². The Morgan fingerprint density at radius 1 is 0.978 bits per heavy atom. The van der Waals surface area contributed by atoms with Gasteiger partial charge in [0, 0.05) is 26.5 Å². The van der Waals surface area contributed by atoms with Crippen LogP contribution in [0.25, 0.3) is 0 Å². The van der Waals surface area contributed by atoms with Gasteiger partial charge in [-0.1, -0.05) is 65.5 Å². The number of methoxy groups -OCH3 is 1. The summed E-state index contributed by atoms with van der Waals surface area (Å²) in [5.74, 6) is 5.06. The SMILES string of the molecule is COCC(CN1CCCC1)OCCCOC(=O)O[C@H]1CC[C@@]2(C)C(=CC[C@H]3[C@@H]4CC[C@H]([C@H](C)CCCC(C)C)[C@@]4(C)CC[C@@H]32)C1. The van der Waals surface area contributed by atoms with Crippen LogP contribution in [0, 0.1) is 46.3 Å². The van der Waals surface area contributed by atoms with E-state index in [-0.39, 0.29) is 17.6 Å². The van der Waals surface area contributed by atoms with E-state index in [0.717, 1.165) is 74.4 Å². The Balaban J connectivity index is 1.06. The van der Waals surface area contributed by atoms with Crippen molar-refractivity contribution < 1.29 is 23.7 Å². The van der Waals surface area contributed by atoms with Crippen LogP contribution in [0.15, 0.2) is 11.6 Å². The van der Waals surface area contributed by atoms with Gasteiger partial charge in [-0.25, -0.2) is 4.79 Å². The summed E-state index contributed by atoms with van der Waals surface area (Å²) in [5, 5.41) is 0. The van der Waals surface area contributed by atoms with Gasteiger partial charge in [0.05, 0.1) is 25.9 Å². The molecule has 258 valence electrons. The minimum atomic E-state index is -0.517. The van der Waals surface area contributed by atoms with Crippen molar-refractivity contribution in [1.82, 2.24) is 4.90 Å². The van der Waals surface area contributed by atoms with Gasteiger partial charge < -0.3 is 23.8 Å². The molecule has 9 atom stereocenters. The van der Waals surface area contributed by atoms with Crippen molar-refractivity contribution in [3.8, 4) is 0 Å². The van der Waals surface area contributed by atoms with Gasteiger partial charge in [0.2, 0.25) is 0 Å². The molecule has 0 aromatic carbocycles. The fraction of sp³-hybridized carbons (Fsp3) is 0.923. The van der Waals surface area contributed by atoms with E-state index in [2.05, 4.69) is 45.6 Å².